The second kappa shape index (κ2) is 9.23. The second-order valence-corrected chi connectivity index (χ2v) is 10.2. The van der Waals surface area contributed by atoms with Gasteiger partial charge in [0.1, 0.15) is 35.2 Å². The lowest BCUT2D eigenvalue weighted by atomic mass is 9.76. The van der Waals surface area contributed by atoms with Gasteiger partial charge in [-0.2, -0.15) is 0 Å². The van der Waals surface area contributed by atoms with Gasteiger partial charge in [0.15, 0.2) is 28.9 Å². The Kier molecular flexibility index (Phi) is 6.10. The van der Waals surface area contributed by atoms with Gasteiger partial charge in [0.25, 0.3) is 5.91 Å². The number of benzene rings is 3. The Morgan fingerprint density at radius 2 is 1.59 bits per heavy atom. The Morgan fingerprint density at radius 3 is 2.22 bits per heavy atom. The summed E-state index contributed by atoms with van der Waals surface area (Å²) in [7, 11) is 5.27. The number of ether oxygens (including phenoxy) is 3. The quantitative estimate of drug-likeness (QED) is 0.176. The molecule has 3 aromatic carbocycles. The maximum atomic E-state index is 13.7. The number of likely N-dealkylation sites (N-methyl/N-ethyl adjacent to an activating group) is 1. The molecule has 4 atom stereocenters. The molecule has 0 radical (unpaired) electrons. The first-order valence-corrected chi connectivity index (χ1v) is 12.7. The smallest absolute Gasteiger partial charge is 0.259 e. The zero-order valence-corrected chi connectivity index (χ0v) is 22.8. The molecular formula is C28H24ClNO11. The van der Waals surface area contributed by atoms with Gasteiger partial charge in [0.2, 0.25) is 5.43 Å². The SMILES string of the molecule is COc1c(Cl)ccc2c(=O)c3c(O)c4c(c(O)c3oc12)C(O)C(OC)c1cc2c(c(O)c1-4)C(=O)N(C)C(OC)C2O. The van der Waals surface area contributed by atoms with Crippen LogP contribution in [-0.2, 0) is 9.47 Å². The Morgan fingerprint density at radius 1 is 0.878 bits per heavy atom. The third-order valence-corrected chi connectivity index (χ3v) is 8.18. The summed E-state index contributed by atoms with van der Waals surface area (Å²) in [4.78, 5) is 28.1. The molecule has 1 aliphatic carbocycles. The van der Waals surface area contributed by atoms with Gasteiger partial charge in [-0.3, -0.25) is 9.59 Å². The molecule has 4 aromatic rings. The molecule has 12 nitrogen and oxygen atoms in total. The monoisotopic (exact) mass is 585 g/mol. The van der Waals surface area contributed by atoms with Gasteiger partial charge in [-0.25, -0.2) is 0 Å². The van der Waals surface area contributed by atoms with Crippen LogP contribution in [0.1, 0.15) is 45.4 Å². The Bertz CT molecular complexity index is 1870. The van der Waals surface area contributed by atoms with E-state index in [9.17, 15) is 35.1 Å². The summed E-state index contributed by atoms with van der Waals surface area (Å²) in [5, 5.41) is 56.6. The number of aromatic hydroxyl groups is 3. The van der Waals surface area contributed by atoms with Crippen molar-refractivity contribution in [1.82, 2.24) is 4.90 Å². The van der Waals surface area contributed by atoms with Crippen LogP contribution in [0.4, 0.5) is 0 Å². The molecule has 1 aliphatic heterocycles. The van der Waals surface area contributed by atoms with Crippen LogP contribution in [-0.4, -0.2) is 70.9 Å². The highest BCUT2D eigenvalue weighted by Crippen LogP contribution is 2.59. The Balaban J connectivity index is 1.78. The van der Waals surface area contributed by atoms with Gasteiger partial charge >= 0.3 is 0 Å². The normalized spacial score (nSPS) is 21.6. The van der Waals surface area contributed by atoms with Gasteiger partial charge in [0, 0.05) is 43.5 Å². The second-order valence-electron chi connectivity index (χ2n) is 9.82. The van der Waals surface area contributed by atoms with E-state index >= 15 is 0 Å². The number of hydrogen-bond acceptors (Lipinski definition) is 11. The van der Waals surface area contributed by atoms with Crippen LogP contribution in [0.5, 0.6) is 23.0 Å². The number of carbonyl (C=O) groups excluding carboxylic acids is 1. The number of halogens is 1. The number of aliphatic hydroxyl groups excluding tert-OH is 2. The summed E-state index contributed by atoms with van der Waals surface area (Å²) in [5.41, 5.74) is -2.33. The maximum Gasteiger partial charge on any atom is 0.259 e. The topological polar surface area (TPSA) is 179 Å². The predicted octanol–water partition coefficient (Wildman–Crippen LogP) is 3.22. The van der Waals surface area contributed by atoms with Crippen molar-refractivity contribution in [1.29, 1.82) is 0 Å². The summed E-state index contributed by atoms with van der Waals surface area (Å²) in [6.07, 6.45) is -5.37. The van der Waals surface area contributed by atoms with E-state index in [1.165, 1.54) is 46.6 Å². The van der Waals surface area contributed by atoms with Crippen molar-refractivity contribution >= 4 is 39.4 Å². The number of phenolic OH excluding ortho intramolecular Hbond substituents is 3. The molecule has 2 heterocycles. The molecule has 41 heavy (non-hydrogen) atoms. The van der Waals surface area contributed by atoms with Crippen LogP contribution in [0.2, 0.25) is 5.02 Å². The number of nitrogens with zero attached hydrogens (tertiary/aromatic N) is 1. The molecular weight excluding hydrogens is 562 g/mol. The molecule has 0 fully saturated rings. The van der Waals surface area contributed by atoms with E-state index < -0.39 is 64.1 Å². The van der Waals surface area contributed by atoms with Crippen LogP contribution in [0.3, 0.4) is 0 Å². The standard InChI is InChI=1S/C28H24ClNO11/c1-30-27(37)13-9(18(32)28(30)40-4)7-10-12(19(13)33)14-15(21(35)23(10)38-2)22(36)26-16(20(14)34)17(31)8-5-6-11(29)25(39-3)24(8)41-26/h5-7,18,21,23,28,32-36H,1-4H3. The fourth-order valence-corrected chi connectivity index (χ4v) is 6.22. The molecule has 0 bridgehead atoms. The molecule has 1 amide bonds. The lowest BCUT2D eigenvalue weighted by molar-refractivity contribution is -0.0909. The van der Waals surface area contributed by atoms with E-state index in [0.717, 1.165) is 4.90 Å². The van der Waals surface area contributed by atoms with E-state index in [-0.39, 0.29) is 55.1 Å². The minimum Gasteiger partial charge on any atom is -0.506 e. The number of hydrogen-bond donors (Lipinski definition) is 5. The highest BCUT2D eigenvalue weighted by atomic mass is 35.5. The van der Waals surface area contributed by atoms with Crippen LogP contribution >= 0.6 is 11.6 Å². The molecule has 214 valence electrons. The minimum atomic E-state index is -1.66. The minimum absolute atomic E-state index is 0.00730. The largest absolute Gasteiger partial charge is 0.506 e. The molecule has 0 saturated carbocycles. The summed E-state index contributed by atoms with van der Waals surface area (Å²) < 4.78 is 21.9. The fourth-order valence-electron chi connectivity index (χ4n) is 5.99. The summed E-state index contributed by atoms with van der Waals surface area (Å²) in [5.74, 6) is -2.78. The number of methoxy groups -OCH3 is 3. The zero-order valence-electron chi connectivity index (χ0n) is 22.1. The number of rotatable bonds is 3. The van der Waals surface area contributed by atoms with Crippen LogP contribution < -0.4 is 10.2 Å². The van der Waals surface area contributed by atoms with Crippen molar-refractivity contribution in [2.75, 3.05) is 28.4 Å². The zero-order chi connectivity index (χ0) is 29.7. The van der Waals surface area contributed by atoms with Crippen molar-refractivity contribution in [2.24, 2.45) is 0 Å². The lowest BCUT2D eigenvalue weighted by Crippen LogP contribution is -2.47. The molecule has 13 heteroatoms. The first-order chi connectivity index (χ1) is 19.5. The van der Waals surface area contributed by atoms with E-state index in [4.69, 9.17) is 30.2 Å². The molecule has 6 rings (SSSR count). The highest BCUT2D eigenvalue weighted by Gasteiger charge is 2.46. The number of amides is 1. The first-order valence-electron chi connectivity index (χ1n) is 12.3. The lowest BCUT2D eigenvalue weighted by Gasteiger charge is -2.39. The van der Waals surface area contributed by atoms with Gasteiger partial charge in [-0.1, -0.05) is 11.6 Å². The highest BCUT2D eigenvalue weighted by molar-refractivity contribution is 6.33. The summed E-state index contributed by atoms with van der Waals surface area (Å²) in [6, 6.07) is 4.13. The van der Waals surface area contributed by atoms with Gasteiger partial charge in [0.05, 0.1) is 23.1 Å². The number of carbonyl (C=O) groups is 1. The molecule has 4 unspecified atom stereocenters. The van der Waals surface area contributed by atoms with Crippen LogP contribution in [0.15, 0.2) is 27.4 Å². The number of aliphatic hydroxyl groups is 2. The molecule has 0 spiro atoms. The number of phenols is 3. The first kappa shape index (κ1) is 27.1. The predicted molar refractivity (Wildman–Crippen MR) is 145 cm³/mol. The average molecular weight is 586 g/mol. The van der Waals surface area contributed by atoms with Crippen molar-refractivity contribution in [3.63, 3.8) is 0 Å². The van der Waals surface area contributed by atoms with Crippen molar-refractivity contribution < 1.29 is 49.0 Å². The molecule has 5 N–H and O–H groups in total. The van der Waals surface area contributed by atoms with E-state index in [0.29, 0.717) is 0 Å². The van der Waals surface area contributed by atoms with Gasteiger partial charge < -0.3 is 49.1 Å². The summed E-state index contributed by atoms with van der Waals surface area (Å²) >= 11 is 6.20. The third kappa shape index (κ3) is 3.36. The Labute approximate surface area is 236 Å². The maximum absolute atomic E-state index is 13.7. The fraction of sp³-hybridized carbons (Fsp3) is 0.286. The van der Waals surface area contributed by atoms with Gasteiger partial charge in [-0.15, -0.1) is 0 Å². The Hall–Kier alpha value is -4.07. The molecule has 1 aromatic heterocycles. The van der Waals surface area contributed by atoms with Gasteiger partial charge in [-0.05, 0) is 23.8 Å². The van der Waals surface area contributed by atoms with E-state index in [2.05, 4.69) is 0 Å². The third-order valence-electron chi connectivity index (χ3n) is 7.89. The van der Waals surface area contributed by atoms with Crippen molar-refractivity contribution in [3.8, 4) is 34.1 Å². The van der Waals surface area contributed by atoms with Crippen LogP contribution in [0, 0.1) is 0 Å². The van der Waals surface area contributed by atoms with Crippen molar-refractivity contribution in [2.45, 2.75) is 24.5 Å². The van der Waals surface area contributed by atoms with Crippen LogP contribution in [0.25, 0.3) is 33.1 Å². The van der Waals surface area contributed by atoms with E-state index in [1.807, 2.05) is 0 Å². The van der Waals surface area contributed by atoms with E-state index in [1.54, 1.807) is 0 Å². The number of fused-ring (bicyclic) bond motifs is 6. The average Bonchev–Trinajstić information content (AvgIpc) is 2.94. The molecule has 0 saturated heterocycles. The van der Waals surface area contributed by atoms with Crippen molar-refractivity contribution in [3.05, 3.63) is 55.7 Å². The molecule has 2 aliphatic rings. The summed E-state index contributed by atoms with van der Waals surface area (Å²) in [6.45, 7) is 0.